The average Bonchev–Trinajstić information content (AvgIpc) is 3.52. The standard InChI is InChI=1S/C27H30F8N8O2/c28-25(29)7-3-16(4-8-25)22(40-23(45)19-13-36-41-43(19)12-10-27(33,34)35)18-14-42-11-6-17(37-24(42)38-18)21(15-1-2-15)39-20(44)5-9-26(30,31)32/h6,11,13-16,21-22H,1-5,7-10,12H2,(H,39,44)(H,40,45)/t21-,22-/m0/s1. The highest BCUT2D eigenvalue weighted by molar-refractivity contribution is 5.92. The van der Waals surface area contributed by atoms with E-state index in [4.69, 9.17) is 0 Å². The molecule has 2 N–H and O–H groups in total. The largest absolute Gasteiger partial charge is 0.390 e. The fourth-order valence-electron chi connectivity index (χ4n) is 5.47. The number of halogens is 8. The predicted octanol–water partition coefficient (Wildman–Crippen LogP) is 5.48. The van der Waals surface area contributed by atoms with Crippen molar-refractivity contribution in [2.24, 2.45) is 11.8 Å². The molecule has 0 unspecified atom stereocenters. The SMILES string of the molecule is O=C(CCC(F)(F)F)N[C@H](c1ccn2cc([C@@H](NC(=O)c3cnnn3CCC(F)(F)F)C3CCC(F)(F)CC3)nc2n1)C1CC1. The van der Waals surface area contributed by atoms with Crippen LogP contribution >= 0.6 is 0 Å². The summed E-state index contributed by atoms with van der Waals surface area (Å²) in [5.74, 6) is -4.83. The van der Waals surface area contributed by atoms with E-state index in [1.807, 2.05) is 0 Å². The Bertz CT molecular complexity index is 1500. The van der Waals surface area contributed by atoms with E-state index in [-0.39, 0.29) is 35.9 Å². The van der Waals surface area contributed by atoms with E-state index in [9.17, 15) is 44.7 Å². The zero-order chi connectivity index (χ0) is 32.6. The van der Waals surface area contributed by atoms with Gasteiger partial charge in [0.1, 0.15) is 5.69 Å². The van der Waals surface area contributed by atoms with E-state index in [1.165, 1.54) is 10.6 Å². The summed E-state index contributed by atoms with van der Waals surface area (Å²) in [6, 6.07) is 0.0212. The van der Waals surface area contributed by atoms with Crippen LogP contribution in [0.15, 0.2) is 24.7 Å². The lowest BCUT2D eigenvalue weighted by Crippen LogP contribution is -2.38. The summed E-state index contributed by atoms with van der Waals surface area (Å²) in [7, 11) is 0. The molecule has 0 saturated heterocycles. The number of carbonyl (C=O) groups is 2. The molecule has 0 bridgehead atoms. The number of rotatable bonds is 11. The van der Waals surface area contributed by atoms with Gasteiger partial charge in [0.15, 0.2) is 0 Å². The van der Waals surface area contributed by atoms with Gasteiger partial charge in [-0.15, -0.1) is 5.10 Å². The van der Waals surface area contributed by atoms with Crippen LogP contribution in [0.2, 0.25) is 0 Å². The topological polar surface area (TPSA) is 119 Å². The minimum absolute atomic E-state index is 0.0176. The number of nitrogens with one attached hydrogen (secondary N) is 2. The highest BCUT2D eigenvalue weighted by Gasteiger charge is 2.40. The summed E-state index contributed by atoms with van der Waals surface area (Å²) in [5.41, 5.74) is 0.387. The normalized spacial score (nSPS) is 18.9. The Hall–Kier alpha value is -3.86. The Kier molecular flexibility index (Phi) is 9.04. The number of alkyl halides is 8. The lowest BCUT2D eigenvalue weighted by molar-refractivity contribution is -0.144. The fraction of sp³-hybridized carbons (Fsp3) is 0.630. The molecule has 0 radical (unpaired) electrons. The van der Waals surface area contributed by atoms with Gasteiger partial charge in [-0.25, -0.2) is 23.4 Å². The van der Waals surface area contributed by atoms with Gasteiger partial charge in [0, 0.05) is 31.7 Å². The molecule has 0 aliphatic heterocycles. The number of aryl methyl sites for hydroxylation is 1. The van der Waals surface area contributed by atoms with Crippen molar-refractivity contribution in [1.29, 1.82) is 0 Å². The number of hydrogen-bond donors (Lipinski definition) is 2. The Morgan fingerprint density at radius 3 is 2.18 bits per heavy atom. The lowest BCUT2D eigenvalue weighted by atomic mass is 9.81. The van der Waals surface area contributed by atoms with E-state index >= 15 is 0 Å². The number of nitrogens with zero attached hydrogens (tertiary/aromatic N) is 6. The number of fused-ring (bicyclic) bond motifs is 1. The van der Waals surface area contributed by atoms with Crippen molar-refractivity contribution in [3.63, 3.8) is 0 Å². The maximum absolute atomic E-state index is 14.0. The Balaban J connectivity index is 1.39. The van der Waals surface area contributed by atoms with Crippen LogP contribution in [0.5, 0.6) is 0 Å². The van der Waals surface area contributed by atoms with Gasteiger partial charge >= 0.3 is 12.4 Å². The van der Waals surface area contributed by atoms with Crippen LogP contribution in [0.1, 0.15) is 91.7 Å². The zero-order valence-corrected chi connectivity index (χ0v) is 23.7. The van der Waals surface area contributed by atoms with Crippen LogP contribution in [-0.4, -0.2) is 59.5 Å². The molecule has 2 saturated carbocycles. The summed E-state index contributed by atoms with van der Waals surface area (Å²) < 4.78 is 106. The van der Waals surface area contributed by atoms with E-state index < -0.39 is 86.7 Å². The third-order valence-electron chi connectivity index (χ3n) is 8.03. The molecule has 2 aliphatic rings. The molecule has 3 heterocycles. The first-order valence-corrected chi connectivity index (χ1v) is 14.4. The summed E-state index contributed by atoms with van der Waals surface area (Å²) in [5, 5.41) is 12.5. The van der Waals surface area contributed by atoms with Crippen molar-refractivity contribution >= 4 is 17.6 Å². The molecule has 2 amide bonds. The third-order valence-corrected chi connectivity index (χ3v) is 8.03. The molecule has 2 atom stereocenters. The molecule has 0 aromatic carbocycles. The first-order chi connectivity index (χ1) is 21.1. The van der Waals surface area contributed by atoms with Crippen molar-refractivity contribution in [2.45, 2.75) is 94.7 Å². The monoisotopic (exact) mass is 650 g/mol. The summed E-state index contributed by atoms with van der Waals surface area (Å²) >= 11 is 0. The quantitative estimate of drug-likeness (QED) is 0.266. The minimum atomic E-state index is -4.50. The molecular weight excluding hydrogens is 620 g/mol. The van der Waals surface area contributed by atoms with Crippen molar-refractivity contribution in [3.05, 3.63) is 41.7 Å². The number of amides is 2. The Morgan fingerprint density at radius 1 is 0.911 bits per heavy atom. The van der Waals surface area contributed by atoms with E-state index in [0.717, 1.165) is 23.7 Å². The van der Waals surface area contributed by atoms with Gasteiger partial charge < -0.3 is 10.6 Å². The molecule has 2 aliphatic carbocycles. The molecular formula is C27H30F8N8O2. The van der Waals surface area contributed by atoms with Gasteiger partial charge in [-0.1, -0.05) is 5.21 Å². The van der Waals surface area contributed by atoms with Gasteiger partial charge in [-0.2, -0.15) is 26.3 Å². The molecule has 2 fully saturated rings. The van der Waals surface area contributed by atoms with Crippen molar-refractivity contribution in [3.8, 4) is 0 Å². The highest BCUT2D eigenvalue weighted by Crippen LogP contribution is 2.42. The van der Waals surface area contributed by atoms with Gasteiger partial charge in [0.05, 0.1) is 49.1 Å². The lowest BCUT2D eigenvalue weighted by Gasteiger charge is -2.33. The van der Waals surface area contributed by atoms with Crippen molar-refractivity contribution < 1.29 is 44.7 Å². The van der Waals surface area contributed by atoms with Crippen LogP contribution in [0.3, 0.4) is 0 Å². The summed E-state index contributed by atoms with van der Waals surface area (Å²) in [6.45, 7) is -0.650. The van der Waals surface area contributed by atoms with Crippen LogP contribution in [0.25, 0.3) is 5.78 Å². The van der Waals surface area contributed by atoms with Crippen LogP contribution in [0, 0.1) is 11.8 Å². The smallest absolute Gasteiger partial charge is 0.347 e. The minimum Gasteiger partial charge on any atom is -0.347 e. The molecule has 5 rings (SSSR count). The van der Waals surface area contributed by atoms with Gasteiger partial charge in [-0.3, -0.25) is 14.0 Å². The maximum atomic E-state index is 14.0. The number of imidazole rings is 1. The number of carbonyl (C=O) groups excluding carboxylic acids is 2. The van der Waals surface area contributed by atoms with Gasteiger partial charge in [-0.05, 0) is 43.6 Å². The second kappa shape index (κ2) is 12.5. The maximum Gasteiger partial charge on any atom is 0.390 e. The van der Waals surface area contributed by atoms with Crippen LogP contribution in [0.4, 0.5) is 35.1 Å². The second-order valence-electron chi connectivity index (χ2n) is 11.6. The second-order valence-corrected chi connectivity index (χ2v) is 11.6. The van der Waals surface area contributed by atoms with Gasteiger partial charge in [0.2, 0.25) is 17.6 Å². The van der Waals surface area contributed by atoms with Crippen molar-refractivity contribution in [2.75, 3.05) is 0 Å². The number of aromatic nitrogens is 6. The first kappa shape index (κ1) is 32.5. The van der Waals surface area contributed by atoms with Gasteiger partial charge in [0.25, 0.3) is 5.91 Å². The highest BCUT2D eigenvalue weighted by atomic mass is 19.4. The molecule has 3 aromatic heterocycles. The summed E-state index contributed by atoms with van der Waals surface area (Å²) in [4.78, 5) is 34.6. The number of hydrogen-bond acceptors (Lipinski definition) is 6. The average molecular weight is 651 g/mol. The summed E-state index contributed by atoms with van der Waals surface area (Å²) in [6.07, 6.45) is -7.39. The molecule has 18 heteroatoms. The first-order valence-electron chi connectivity index (χ1n) is 14.4. The van der Waals surface area contributed by atoms with Crippen molar-refractivity contribution in [1.82, 2.24) is 40.0 Å². The molecule has 45 heavy (non-hydrogen) atoms. The molecule has 3 aromatic rings. The van der Waals surface area contributed by atoms with E-state index in [1.54, 1.807) is 12.3 Å². The third kappa shape index (κ3) is 8.65. The van der Waals surface area contributed by atoms with Crippen LogP contribution in [-0.2, 0) is 11.3 Å². The fourth-order valence-corrected chi connectivity index (χ4v) is 5.47. The van der Waals surface area contributed by atoms with E-state index in [2.05, 4.69) is 30.9 Å². The molecule has 246 valence electrons. The predicted molar refractivity (Wildman–Crippen MR) is 140 cm³/mol. The molecule has 10 nitrogen and oxygen atoms in total. The molecule has 0 spiro atoms. The Labute approximate surface area is 251 Å². The van der Waals surface area contributed by atoms with E-state index in [0.29, 0.717) is 5.69 Å². The van der Waals surface area contributed by atoms with Crippen LogP contribution < -0.4 is 10.6 Å². The zero-order valence-electron chi connectivity index (χ0n) is 23.7. The Morgan fingerprint density at radius 2 is 1.53 bits per heavy atom.